The summed E-state index contributed by atoms with van der Waals surface area (Å²) in [5, 5.41) is 8.65. The van der Waals surface area contributed by atoms with Crippen LogP contribution in [0.1, 0.15) is 43.4 Å². The first kappa shape index (κ1) is 16.0. The van der Waals surface area contributed by atoms with Crippen LogP contribution in [0.5, 0.6) is 0 Å². The number of aliphatic carboxylic acids is 1. The van der Waals surface area contributed by atoms with Crippen LogP contribution in [0.4, 0.5) is 0 Å². The highest BCUT2D eigenvalue weighted by Gasteiger charge is 2.21. The summed E-state index contributed by atoms with van der Waals surface area (Å²) in [5.74, 6) is -0.703. The van der Waals surface area contributed by atoms with E-state index in [2.05, 4.69) is 36.1 Å². The quantitative estimate of drug-likeness (QED) is 0.785. The van der Waals surface area contributed by atoms with E-state index in [1.165, 1.54) is 11.1 Å². The highest BCUT2D eigenvalue weighted by molar-refractivity contribution is 5.66. The van der Waals surface area contributed by atoms with Crippen molar-refractivity contribution >= 4 is 5.97 Å². The van der Waals surface area contributed by atoms with E-state index in [0.29, 0.717) is 0 Å². The molecule has 1 aliphatic rings. The van der Waals surface area contributed by atoms with Gasteiger partial charge >= 0.3 is 5.97 Å². The normalized spacial score (nSPS) is 19.6. The molecule has 0 aliphatic carbocycles. The number of nitrogens with zero attached hydrogens (tertiary/aromatic N) is 1. The molecule has 0 bridgehead atoms. The average Bonchev–Trinajstić information content (AvgIpc) is 2.52. The van der Waals surface area contributed by atoms with Crippen LogP contribution in [-0.2, 0) is 16.0 Å². The Hall–Kier alpha value is -1.39. The first-order valence-electron chi connectivity index (χ1n) is 7.83. The molecule has 1 heterocycles. The smallest absolute Gasteiger partial charge is 0.303 e. The van der Waals surface area contributed by atoms with Gasteiger partial charge in [0.2, 0.25) is 0 Å². The number of hydrogen-bond donors (Lipinski definition) is 1. The van der Waals surface area contributed by atoms with Gasteiger partial charge in [0.15, 0.2) is 0 Å². The SMILES string of the molecule is CCc1ccc(C2CN(CCCCC(=O)O)CCO2)cc1. The van der Waals surface area contributed by atoms with E-state index in [0.717, 1.165) is 45.5 Å². The lowest BCUT2D eigenvalue weighted by Crippen LogP contribution is -2.38. The van der Waals surface area contributed by atoms with Crippen molar-refractivity contribution in [3.05, 3.63) is 35.4 Å². The summed E-state index contributed by atoms with van der Waals surface area (Å²) in [6.07, 6.45) is 3.16. The Morgan fingerprint density at radius 1 is 1.33 bits per heavy atom. The number of morpholine rings is 1. The molecule has 1 aromatic carbocycles. The lowest BCUT2D eigenvalue weighted by Gasteiger charge is -2.33. The second-order valence-electron chi connectivity index (χ2n) is 5.61. The molecule has 1 aliphatic heterocycles. The van der Waals surface area contributed by atoms with Crippen molar-refractivity contribution in [2.45, 2.75) is 38.7 Å². The highest BCUT2D eigenvalue weighted by Crippen LogP contribution is 2.23. The summed E-state index contributed by atoms with van der Waals surface area (Å²) < 4.78 is 5.88. The molecular weight excluding hydrogens is 266 g/mol. The maximum atomic E-state index is 10.5. The molecule has 1 fully saturated rings. The fourth-order valence-corrected chi connectivity index (χ4v) is 2.69. The molecule has 1 saturated heterocycles. The summed E-state index contributed by atoms with van der Waals surface area (Å²) >= 11 is 0. The van der Waals surface area contributed by atoms with Crippen molar-refractivity contribution in [2.24, 2.45) is 0 Å². The number of unbranched alkanes of at least 4 members (excludes halogenated alkanes) is 1. The maximum Gasteiger partial charge on any atom is 0.303 e. The van der Waals surface area contributed by atoms with Crippen molar-refractivity contribution in [3.8, 4) is 0 Å². The first-order chi connectivity index (χ1) is 10.2. The van der Waals surface area contributed by atoms with Crippen LogP contribution in [0.3, 0.4) is 0 Å². The molecule has 1 unspecified atom stereocenters. The molecule has 0 spiro atoms. The molecule has 21 heavy (non-hydrogen) atoms. The van der Waals surface area contributed by atoms with Gasteiger partial charge in [0.1, 0.15) is 0 Å². The zero-order valence-electron chi connectivity index (χ0n) is 12.8. The second kappa shape index (κ2) is 8.15. The third-order valence-electron chi connectivity index (χ3n) is 4.03. The lowest BCUT2D eigenvalue weighted by molar-refractivity contribution is -0.137. The molecule has 0 amide bonds. The van der Waals surface area contributed by atoms with Gasteiger partial charge in [-0.25, -0.2) is 0 Å². The molecule has 1 atom stereocenters. The number of ether oxygens (including phenoxy) is 1. The van der Waals surface area contributed by atoms with Crippen LogP contribution >= 0.6 is 0 Å². The third kappa shape index (κ3) is 5.14. The van der Waals surface area contributed by atoms with Gasteiger partial charge in [-0.1, -0.05) is 31.2 Å². The van der Waals surface area contributed by atoms with Gasteiger partial charge in [-0.05, 0) is 36.9 Å². The van der Waals surface area contributed by atoms with Crippen LogP contribution in [0, 0.1) is 0 Å². The van der Waals surface area contributed by atoms with Crippen molar-refractivity contribution in [2.75, 3.05) is 26.2 Å². The second-order valence-corrected chi connectivity index (χ2v) is 5.61. The number of carboxylic acid groups (broad SMARTS) is 1. The van der Waals surface area contributed by atoms with Gasteiger partial charge in [-0.2, -0.15) is 0 Å². The van der Waals surface area contributed by atoms with Gasteiger partial charge in [0, 0.05) is 19.5 Å². The van der Waals surface area contributed by atoms with Gasteiger partial charge in [-0.3, -0.25) is 9.69 Å². The monoisotopic (exact) mass is 291 g/mol. The van der Waals surface area contributed by atoms with Gasteiger partial charge in [0.25, 0.3) is 0 Å². The summed E-state index contributed by atoms with van der Waals surface area (Å²) in [5.41, 5.74) is 2.59. The van der Waals surface area contributed by atoms with E-state index in [4.69, 9.17) is 9.84 Å². The molecule has 0 saturated carbocycles. The fraction of sp³-hybridized carbons (Fsp3) is 0.588. The van der Waals surface area contributed by atoms with E-state index in [1.54, 1.807) is 0 Å². The Bertz CT molecular complexity index is 444. The third-order valence-corrected chi connectivity index (χ3v) is 4.03. The van der Waals surface area contributed by atoms with Crippen LogP contribution in [0.25, 0.3) is 0 Å². The number of aryl methyl sites for hydroxylation is 1. The largest absolute Gasteiger partial charge is 0.481 e. The summed E-state index contributed by atoms with van der Waals surface area (Å²) in [4.78, 5) is 12.9. The number of carbonyl (C=O) groups is 1. The average molecular weight is 291 g/mol. The topological polar surface area (TPSA) is 49.8 Å². The Morgan fingerprint density at radius 2 is 2.10 bits per heavy atom. The standard InChI is InChI=1S/C17H25NO3/c1-2-14-6-8-15(9-7-14)16-13-18(11-12-21-16)10-4-3-5-17(19)20/h6-9,16H,2-5,10-13H2,1H3,(H,19,20). The molecule has 1 aromatic rings. The van der Waals surface area contributed by atoms with Gasteiger partial charge in [0.05, 0.1) is 12.7 Å². The van der Waals surface area contributed by atoms with Crippen LogP contribution in [-0.4, -0.2) is 42.2 Å². The first-order valence-corrected chi connectivity index (χ1v) is 7.83. The molecule has 0 radical (unpaired) electrons. The molecule has 4 heteroatoms. The minimum absolute atomic E-state index is 0.143. The molecule has 116 valence electrons. The number of benzene rings is 1. The van der Waals surface area contributed by atoms with E-state index in [-0.39, 0.29) is 12.5 Å². The Balaban J connectivity index is 1.80. The molecule has 0 aromatic heterocycles. The van der Waals surface area contributed by atoms with Crippen LogP contribution in [0.2, 0.25) is 0 Å². The zero-order chi connectivity index (χ0) is 15.1. The highest BCUT2D eigenvalue weighted by atomic mass is 16.5. The van der Waals surface area contributed by atoms with Crippen LogP contribution < -0.4 is 0 Å². The number of hydrogen-bond acceptors (Lipinski definition) is 3. The van der Waals surface area contributed by atoms with Crippen molar-refractivity contribution in [1.82, 2.24) is 4.90 Å². The van der Waals surface area contributed by atoms with E-state index in [1.807, 2.05) is 0 Å². The zero-order valence-corrected chi connectivity index (χ0v) is 12.8. The summed E-state index contributed by atoms with van der Waals surface area (Å²) in [6, 6.07) is 8.67. The van der Waals surface area contributed by atoms with Crippen molar-refractivity contribution in [3.63, 3.8) is 0 Å². The van der Waals surface area contributed by atoms with Gasteiger partial charge in [-0.15, -0.1) is 0 Å². The minimum Gasteiger partial charge on any atom is -0.481 e. The van der Waals surface area contributed by atoms with Crippen LogP contribution in [0.15, 0.2) is 24.3 Å². The van der Waals surface area contributed by atoms with E-state index < -0.39 is 5.97 Å². The Morgan fingerprint density at radius 3 is 2.76 bits per heavy atom. The fourth-order valence-electron chi connectivity index (χ4n) is 2.69. The van der Waals surface area contributed by atoms with Gasteiger partial charge < -0.3 is 9.84 Å². The minimum atomic E-state index is -0.703. The lowest BCUT2D eigenvalue weighted by atomic mass is 10.0. The van der Waals surface area contributed by atoms with Crippen molar-refractivity contribution < 1.29 is 14.6 Å². The van der Waals surface area contributed by atoms with Crippen molar-refractivity contribution in [1.29, 1.82) is 0 Å². The van der Waals surface area contributed by atoms with E-state index in [9.17, 15) is 4.79 Å². The molecule has 1 N–H and O–H groups in total. The molecule has 2 rings (SSSR count). The maximum absolute atomic E-state index is 10.5. The van der Waals surface area contributed by atoms with E-state index >= 15 is 0 Å². The number of rotatable bonds is 7. The summed E-state index contributed by atoms with van der Waals surface area (Å²) in [7, 11) is 0. The Kier molecular flexibility index (Phi) is 6.21. The molecular formula is C17H25NO3. The predicted molar refractivity (Wildman–Crippen MR) is 82.4 cm³/mol. The number of carboxylic acids is 1. The predicted octanol–water partition coefficient (Wildman–Crippen LogP) is 2.88. The summed E-state index contributed by atoms with van der Waals surface area (Å²) in [6.45, 7) is 5.71. The molecule has 4 nitrogen and oxygen atoms in total. The Labute approximate surface area is 126 Å².